The number of amides is 1. The number of hydrogen-bond acceptors (Lipinski definition) is 3. The molecule has 6 heteroatoms. The third-order valence-electron chi connectivity index (χ3n) is 4.37. The Labute approximate surface area is 168 Å². The smallest absolute Gasteiger partial charge is 0.252 e. The molecule has 0 fully saturated rings. The van der Waals surface area contributed by atoms with Gasteiger partial charge in [-0.05, 0) is 50.1 Å². The number of hydrogen-bond donors (Lipinski definition) is 0. The molecule has 0 bridgehead atoms. The quantitative estimate of drug-likeness (QED) is 0.562. The predicted octanol–water partition coefficient (Wildman–Crippen LogP) is 4.68. The average Bonchev–Trinajstić information content (AvgIpc) is 2.94. The zero-order chi connectivity index (χ0) is 19.4. The fourth-order valence-electron chi connectivity index (χ4n) is 2.95. The van der Waals surface area contributed by atoms with Crippen LogP contribution >= 0.6 is 22.9 Å². The molecule has 4 nitrogen and oxygen atoms in total. The number of fused-ring (bicyclic) bond motifs is 1. The number of nitrogens with zero attached hydrogens (tertiary/aromatic N) is 2. The molecule has 0 unspecified atom stereocenters. The highest BCUT2D eigenvalue weighted by molar-refractivity contribution is 7.16. The topological polar surface area (TPSA) is 43.6 Å². The first-order valence-corrected chi connectivity index (χ1v) is 10.2. The van der Waals surface area contributed by atoms with E-state index in [9.17, 15) is 4.79 Å². The summed E-state index contributed by atoms with van der Waals surface area (Å²) in [6.45, 7) is 7.89. The van der Waals surface area contributed by atoms with E-state index in [1.807, 2.05) is 49.6 Å². The summed E-state index contributed by atoms with van der Waals surface area (Å²) >= 11 is 7.61. The number of halogens is 1. The van der Waals surface area contributed by atoms with Crippen molar-refractivity contribution in [3.63, 3.8) is 0 Å². The van der Waals surface area contributed by atoms with Crippen LogP contribution in [0.2, 0.25) is 5.02 Å². The van der Waals surface area contributed by atoms with Gasteiger partial charge in [0.25, 0.3) is 5.91 Å². The summed E-state index contributed by atoms with van der Waals surface area (Å²) in [5.74, 6) is -0.147. The SMILES string of the molecule is CCOCCn1c(=NC(=O)Cc2cc(C)ccc2C)sc2cc(Cl)ccc21. The molecule has 0 spiro atoms. The molecule has 142 valence electrons. The Balaban J connectivity index is 1.96. The van der Waals surface area contributed by atoms with Crippen molar-refractivity contribution < 1.29 is 9.53 Å². The predicted molar refractivity (Wildman–Crippen MR) is 112 cm³/mol. The maximum absolute atomic E-state index is 12.6. The normalized spacial score (nSPS) is 12.1. The summed E-state index contributed by atoms with van der Waals surface area (Å²) < 4.78 is 8.54. The van der Waals surface area contributed by atoms with Crippen LogP contribution in [0.4, 0.5) is 0 Å². The van der Waals surface area contributed by atoms with Crippen LogP contribution in [0.25, 0.3) is 10.2 Å². The van der Waals surface area contributed by atoms with E-state index in [1.54, 1.807) is 0 Å². The van der Waals surface area contributed by atoms with Gasteiger partial charge in [-0.1, -0.05) is 46.7 Å². The van der Waals surface area contributed by atoms with Crippen LogP contribution in [0.1, 0.15) is 23.6 Å². The summed E-state index contributed by atoms with van der Waals surface area (Å²) in [6, 6.07) is 11.9. The molecular formula is C21H23ClN2O2S. The van der Waals surface area contributed by atoms with Crippen molar-refractivity contribution in [2.45, 2.75) is 33.7 Å². The lowest BCUT2D eigenvalue weighted by molar-refractivity contribution is -0.117. The van der Waals surface area contributed by atoms with E-state index in [-0.39, 0.29) is 5.91 Å². The second kappa shape index (κ2) is 8.83. The zero-order valence-electron chi connectivity index (χ0n) is 15.8. The molecule has 1 aromatic heterocycles. The van der Waals surface area contributed by atoms with Crippen molar-refractivity contribution in [2.24, 2.45) is 4.99 Å². The highest BCUT2D eigenvalue weighted by atomic mass is 35.5. The third-order valence-corrected chi connectivity index (χ3v) is 5.65. The van der Waals surface area contributed by atoms with E-state index in [4.69, 9.17) is 16.3 Å². The Morgan fingerprint density at radius 2 is 2.04 bits per heavy atom. The van der Waals surface area contributed by atoms with Crippen LogP contribution in [0.5, 0.6) is 0 Å². The number of aromatic nitrogens is 1. The molecule has 0 saturated heterocycles. The van der Waals surface area contributed by atoms with Crippen LogP contribution in [0, 0.1) is 13.8 Å². The Morgan fingerprint density at radius 1 is 1.22 bits per heavy atom. The molecule has 27 heavy (non-hydrogen) atoms. The van der Waals surface area contributed by atoms with Crippen molar-refractivity contribution in [1.82, 2.24) is 4.57 Å². The first-order valence-electron chi connectivity index (χ1n) is 8.98. The van der Waals surface area contributed by atoms with Crippen LogP contribution in [0.15, 0.2) is 41.4 Å². The van der Waals surface area contributed by atoms with Gasteiger partial charge in [0.05, 0.1) is 23.2 Å². The van der Waals surface area contributed by atoms with Gasteiger partial charge in [0, 0.05) is 18.2 Å². The second-order valence-corrected chi connectivity index (χ2v) is 7.90. The Morgan fingerprint density at radius 3 is 2.81 bits per heavy atom. The van der Waals surface area contributed by atoms with E-state index in [0.717, 1.165) is 26.9 Å². The van der Waals surface area contributed by atoms with Crippen LogP contribution in [0.3, 0.4) is 0 Å². The average molecular weight is 403 g/mol. The Kier molecular flexibility index (Phi) is 6.47. The molecule has 3 aromatic rings. The molecule has 1 amide bonds. The monoisotopic (exact) mass is 402 g/mol. The largest absolute Gasteiger partial charge is 0.380 e. The summed E-state index contributed by atoms with van der Waals surface area (Å²) in [7, 11) is 0. The number of benzene rings is 2. The lowest BCUT2D eigenvalue weighted by atomic mass is 10.0. The summed E-state index contributed by atoms with van der Waals surface area (Å²) in [5, 5.41) is 0.675. The lowest BCUT2D eigenvalue weighted by Gasteiger charge is -2.06. The molecule has 0 aliphatic rings. The van der Waals surface area contributed by atoms with Crippen molar-refractivity contribution in [3.8, 4) is 0 Å². The number of thiazole rings is 1. The minimum atomic E-state index is -0.147. The maximum Gasteiger partial charge on any atom is 0.252 e. The number of aryl methyl sites for hydroxylation is 2. The Bertz CT molecular complexity index is 1040. The lowest BCUT2D eigenvalue weighted by Crippen LogP contribution is -2.20. The molecule has 0 atom stereocenters. The number of rotatable bonds is 6. The fourth-order valence-corrected chi connectivity index (χ4v) is 4.30. The zero-order valence-corrected chi connectivity index (χ0v) is 17.4. The number of carbonyl (C=O) groups excluding carboxylic acids is 1. The highest BCUT2D eigenvalue weighted by Crippen LogP contribution is 2.22. The molecule has 0 aliphatic carbocycles. The summed E-state index contributed by atoms with van der Waals surface area (Å²) in [4.78, 5) is 17.7. The molecule has 3 rings (SSSR count). The van der Waals surface area contributed by atoms with Gasteiger partial charge in [-0.15, -0.1) is 0 Å². The first kappa shape index (κ1) is 19.8. The van der Waals surface area contributed by atoms with E-state index >= 15 is 0 Å². The summed E-state index contributed by atoms with van der Waals surface area (Å²) in [5.41, 5.74) is 4.29. The van der Waals surface area contributed by atoms with Gasteiger partial charge in [-0.3, -0.25) is 4.79 Å². The van der Waals surface area contributed by atoms with Crippen molar-refractivity contribution >= 4 is 39.1 Å². The molecule has 2 aromatic carbocycles. The minimum absolute atomic E-state index is 0.147. The van der Waals surface area contributed by atoms with Crippen LogP contribution in [-0.4, -0.2) is 23.7 Å². The van der Waals surface area contributed by atoms with Gasteiger partial charge in [0.1, 0.15) is 0 Å². The Hall–Kier alpha value is -1.95. The van der Waals surface area contributed by atoms with Gasteiger partial charge in [-0.2, -0.15) is 4.99 Å². The standard InChI is InChI=1S/C21H23ClN2O2S/c1-4-26-10-9-24-18-8-7-17(22)13-19(18)27-21(24)23-20(25)12-16-11-14(2)5-6-15(16)3/h5-8,11,13H,4,9-10,12H2,1-3H3. The van der Waals surface area contributed by atoms with Gasteiger partial charge in [-0.25, -0.2) is 0 Å². The molecular weight excluding hydrogens is 380 g/mol. The summed E-state index contributed by atoms with van der Waals surface area (Å²) in [6.07, 6.45) is 0.300. The third kappa shape index (κ3) is 4.86. The molecule has 0 saturated carbocycles. The fraction of sp³-hybridized carbons (Fsp3) is 0.333. The molecule has 0 N–H and O–H groups in total. The van der Waals surface area contributed by atoms with Gasteiger partial charge in [0.15, 0.2) is 4.80 Å². The van der Waals surface area contributed by atoms with E-state index in [0.29, 0.717) is 36.0 Å². The molecule has 0 aliphatic heterocycles. The van der Waals surface area contributed by atoms with Crippen molar-refractivity contribution in [2.75, 3.05) is 13.2 Å². The molecule has 0 radical (unpaired) electrons. The van der Waals surface area contributed by atoms with Crippen LogP contribution in [-0.2, 0) is 22.5 Å². The number of ether oxygens (including phenoxy) is 1. The first-order chi connectivity index (χ1) is 13.0. The van der Waals surface area contributed by atoms with E-state index in [1.165, 1.54) is 11.3 Å². The van der Waals surface area contributed by atoms with Gasteiger partial charge < -0.3 is 9.30 Å². The van der Waals surface area contributed by atoms with E-state index in [2.05, 4.69) is 17.1 Å². The van der Waals surface area contributed by atoms with Gasteiger partial charge >= 0.3 is 0 Å². The second-order valence-electron chi connectivity index (χ2n) is 6.46. The minimum Gasteiger partial charge on any atom is -0.380 e. The van der Waals surface area contributed by atoms with Crippen LogP contribution < -0.4 is 4.80 Å². The van der Waals surface area contributed by atoms with Gasteiger partial charge in [0.2, 0.25) is 0 Å². The van der Waals surface area contributed by atoms with Crippen molar-refractivity contribution in [3.05, 3.63) is 62.9 Å². The van der Waals surface area contributed by atoms with E-state index < -0.39 is 0 Å². The molecule has 1 heterocycles. The van der Waals surface area contributed by atoms with Crippen molar-refractivity contribution in [1.29, 1.82) is 0 Å². The maximum atomic E-state index is 12.6. The highest BCUT2D eigenvalue weighted by Gasteiger charge is 2.10. The number of carbonyl (C=O) groups is 1.